The Hall–Kier alpha value is -1.57. The molecule has 2 nitrogen and oxygen atoms in total. The van der Waals surface area contributed by atoms with Crippen LogP contribution in [0.3, 0.4) is 0 Å². The number of rotatable bonds is 16. The molecule has 0 saturated heterocycles. The molecule has 1 aromatic heterocycles. The molecule has 0 unspecified atom stereocenters. The molecule has 2 heteroatoms. The second kappa shape index (κ2) is 14.4. The Morgan fingerprint density at radius 2 is 1.25 bits per heavy atom. The topological polar surface area (TPSA) is 8.81 Å². The van der Waals surface area contributed by atoms with Crippen molar-refractivity contribution in [3.63, 3.8) is 0 Å². The van der Waals surface area contributed by atoms with Crippen molar-refractivity contribution in [2.75, 3.05) is 0 Å². The van der Waals surface area contributed by atoms with E-state index in [-0.39, 0.29) is 0 Å². The highest BCUT2D eigenvalue weighted by Crippen LogP contribution is 2.14. The monoisotopic (exact) mass is 383 g/mol. The van der Waals surface area contributed by atoms with E-state index < -0.39 is 0 Å². The molecule has 0 N–H and O–H groups in total. The van der Waals surface area contributed by atoms with Gasteiger partial charge in [0, 0.05) is 6.42 Å². The van der Waals surface area contributed by atoms with Crippen LogP contribution in [0.2, 0.25) is 0 Å². The molecule has 0 spiro atoms. The average Bonchev–Trinajstić information content (AvgIpc) is 3.13. The van der Waals surface area contributed by atoms with Crippen molar-refractivity contribution in [3.05, 3.63) is 48.5 Å². The van der Waals surface area contributed by atoms with Gasteiger partial charge in [0.2, 0.25) is 0 Å². The van der Waals surface area contributed by atoms with E-state index in [0.29, 0.717) is 0 Å². The maximum Gasteiger partial charge on any atom is 0.261 e. The predicted octanol–water partition coefficient (Wildman–Crippen LogP) is 7.42. The fourth-order valence-electron chi connectivity index (χ4n) is 4.05. The summed E-state index contributed by atoms with van der Waals surface area (Å²) in [6, 6.07) is 10.8. The summed E-state index contributed by atoms with van der Waals surface area (Å²) >= 11 is 0. The van der Waals surface area contributed by atoms with Crippen molar-refractivity contribution in [1.82, 2.24) is 4.57 Å². The van der Waals surface area contributed by atoms with Gasteiger partial charge in [0.25, 0.3) is 5.82 Å². The van der Waals surface area contributed by atoms with Gasteiger partial charge in [0.1, 0.15) is 18.1 Å². The van der Waals surface area contributed by atoms with Gasteiger partial charge in [-0.15, -0.1) is 0 Å². The Bertz CT molecular complexity index is 615. The Balaban J connectivity index is 1.86. The van der Waals surface area contributed by atoms with Crippen molar-refractivity contribution < 1.29 is 4.57 Å². The minimum absolute atomic E-state index is 1.17. The third kappa shape index (κ3) is 8.20. The first-order chi connectivity index (χ1) is 13.9. The van der Waals surface area contributed by atoms with Crippen LogP contribution in [0.1, 0.15) is 103 Å². The molecule has 28 heavy (non-hydrogen) atoms. The predicted molar refractivity (Wildman–Crippen MR) is 121 cm³/mol. The molecule has 1 heterocycles. The molecular weight excluding hydrogens is 340 g/mol. The quantitative estimate of drug-likeness (QED) is 0.211. The Kier molecular flexibility index (Phi) is 11.7. The lowest BCUT2D eigenvalue weighted by Gasteiger charge is -2.06. The number of nitrogens with zero attached hydrogens (tertiary/aromatic N) is 2. The summed E-state index contributed by atoms with van der Waals surface area (Å²) in [5.41, 5.74) is 1.29. The van der Waals surface area contributed by atoms with E-state index in [1.54, 1.807) is 0 Å². The molecule has 156 valence electrons. The molecule has 0 atom stereocenters. The largest absolute Gasteiger partial charge is 0.261 e. The summed E-state index contributed by atoms with van der Waals surface area (Å²) in [4.78, 5) is 0. The third-order valence-corrected chi connectivity index (χ3v) is 5.80. The molecule has 0 aliphatic rings. The Morgan fingerprint density at radius 1 is 0.679 bits per heavy atom. The van der Waals surface area contributed by atoms with Crippen molar-refractivity contribution in [1.29, 1.82) is 0 Å². The van der Waals surface area contributed by atoms with E-state index in [1.165, 1.54) is 108 Å². The second-order valence-electron chi connectivity index (χ2n) is 8.25. The van der Waals surface area contributed by atoms with Crippen LogP contribution >= 0.6 is 0 Å². The van der Waals surface area contributed by atoms with Crippen LogP contribution in [-0.2, 0) is 13.0 Å². The first kappa shape index (κ1) is 22.7. The lowest BCUT2D eigenvalue weighted by atomic mass is 10.1. The van der Waals surface area contributed by atoms with Crippen molar-refractivity contribution in [2.45, 2.75) is 110 Å². The molecular formula is C26H43N2+. The first-order valence-electron chi connectivity index (χ1n) is 12.0. The van der Waals surface area contributed by atoms with Gasteiger partial charge in [-0.05, 0) is 31.4 Å². The van der Waals surface area contributed by atoms with E-state index in [9.17, 15) is 0 Å². The molecule has 0 aliphatic carbocycles. The summed E-state index contributed by atoms with van der Waals surface area (Å²) in [6.07, 6.45) is 23.6. The number of benzene rings is 1. The number of para-hydroxylation sites is 1. The SMILES string of the molecule is CCCCCCCCCC[n+]1ccn(-c2ccccc2)c1CCCCCCC. The summed E-state index contributed by atoms with van der Waals surface area (Å²) in [6.45, 7) is 5.75. The molecule has 0 radical (unpaired) electrons. The summed E-state index contributed by atoms with van der Waals surface area (Å²) in [5.74, 6) is 1.48. The number of aromatic nitrogens is 2. The molecule has 1 aromatic carbocycles. The average molecular weight is 384 g/mol. The molecule has 2 rings (SSSR count). The summed E-state index contributed by atoms with van der Waals surface area (Å²) < 4.78 is 4.93. The van der Waals surface area contributed by atoms with Gasteiger partial charge in [0.05, 0.1) is 6.54 Å². The molecule has 0 fully saturated rings. The molecule has 0 saturated carbocycles. The third-order valence-electron chi connectivity index (χ3n) is 5.80. The van der Waals surface area contributed by atoms with Gasteiger partial charge in [-0.2, -0.15) is 4.57 Å². The second-order valence-corrected chi connectivity index (χ2v) is 8.25. The minimum atomic E-state index is 1.17. The van der Waals surface area contributed by atoms with Crippen LogP contribution in [-0.4, -0.2) is 4.57 Å². The zero-order valence-electron chi connectivity index (χ0n) is 18.5. The molecule has 0 bridgehead atoms. The fraction of sp³-hybridized carbons (Fsp3) is 0.654. The van der Waals surface area contributed by atoms with Crippen LogP contribution in [0.15, 0.2) is 42.7 Å². The number of hydrogen-bond acceptors (Lipinski definition) is 0. The van der Waals surface area contributed by atoms with Gasteiger partial charge in [-0.25, -0.2) is 4.57 Å². The Morgan fingerprint density at radius 3 is 1.89 bits per heavy atom. The summed E-state index contributed by atoms with van der Waals surface area (Å²) in [7, 11) is 0. The standard InChI is InChI=1S/C26H43N2/c1-3-5-7-9-10-11-13-18-22-27-23-24-28(25-19-15-14-16-20-25)26(27)21-17-12-8-6-4-2/h14-16,19-20,23-24H,3-13,17-18,21-22H2,1-2H3/q+1. The van der Waals surface area contributed by atoms with Crippen LogP contribution < -0.4 is 4.57 Å². The van der Waals surface area contributed by atoms with Crippen LogP contribution in [0.4, 0.5) is 0 Å². The zero-order chi connectivity index (χ0) is 19.9. The first-order valence-corrected chi connectivity index (χ1v) is 12.0. The van der Waals surface area contributed by atoms with Crippen molar-refractivity contribution in [3.8, 4) is 5.69 Å². The molecule has 0 aliphatic heterocycles. The lowest BCUT2D eigenvalue weighted by Crippen LogP contribution is -2.37. The van der Waals surface area contributed by atoms with Gasteiger partial charge < -0.3 is 0 Å². The van der Waals surface area contributed by atoms with E-state index >= 15 is 0 Å². The number of imidazole rings is 1. The summed E-state index contributed by atoms with van der Waals surface area (Å²) in [5, 5.41) is 0. The van der Waals surface area contributed by atoms with Crippen LogP contribution in [0, 0.1) is 0 Å². The van der Waals surface area contributed by atoms with E-state index in [0.717, 1.165) is 0 Å². The van der Waals surface area contributed by atoms with E-state index in [4.69, 9.17) is 0 Å². The highest BCUT2D eigenvalue weighted by molar-refractivity contribution is 5.31. The molecule has 2 aromatic rings. The minimum Gasteiger partial charge on any atom is -0.234 e. The lowest BCUT2D eigenvalue weighted by molar-refractivity contribution is -0.704. The zero-order valence-corrected chi connectivity index (χ0v) is 18.5. The maximum atomic E-state index is 2.52. The normalized spacial score (nSPS) is 11.2. The fourth-order valence-corrected chi connectivity index (χ4v) is 4.05. The van der Waals surface area contributed by atoms with Gasteiger partial charge in [-0.1, -0.05) is 96.3 Å². The highest BCUT2D eigenvalue weighted by atomic mass is 15.1. The van der Waals surface area contributed by atoms with Crippen LogP contribution in [0.5, 0.6) is 0 Å². The number of unbranched alkanes of at least 4 members (excludes halogenated alkanes) is 11. The highest BCUT2D eigenvalue weighted by Gasteiger charge is 2.18. The van der Waals surface area contributed by atoms with Gasteiger partial charge in [-0.3, -0.25) is 0 Å². The van der Waals surface area contributed by atoms with Gasteiger partial charge in [0.15, 0.2) is 0 Å². The maximum absolute atomic E-state index is 2.52. The number of hydrogen-bond donors (Lipinski definition) is 0. The van der Waals surface area contributed by atoms with Crippen LogP contribution in [0.25, 0.3) is 5.69 Å². The Labute approximate surface area is 174 Å². The molecule has 0 amide bonds. The van der Waals surface area contributed by atoms with E-state index in [2.05, 4.69) is 65.7 Å². The van der Waals surface area contributed by atoms with Crippen molar-refractivity contribution >= 4 is 0 Å². The number of aryl methyl sites for hydroxylation is 1. The van der Waals surface area contributed by atoms with E-state index in [1.807, 2.05) is 0 Å². The smallest absolute Gasteiger partial charge is 0.234 e. The van der Waals surface area contributed by atoms with Crippen molar-refractivity contribution in [2.24, 2.45) is 0 Å². The van der Waals surface area contributed by atoms with Gasteiger partial charge >= 0.3 is 0 Å².